The van der Waals surface area contributed by atoms with Crippen molar-refractivity contribution in [2.75, 3.05) is 14.1 Å². The number of benzene rings is 1. The molecule has 4 nitrogen and oxygen atoms in total. The lowest BCUT2D eigenvalue weighted by molar-refractivity contribution is 0.0815. The minimum atomic E-state index is -0.116. The summed E-state index contributed by atoms with van der Waals surface area (Å²) in [6, 6.07) is 9.45. The highest BCUT2D eigenvalue weighted by Gasteiger charge is 2.29. The SMILES string of the molecule is CN(C)C(=O)c1cc2ccccc2c(=O)n1C1CC1. The summed E-state index contributed by atoms with van der Waals surface area (Å²) in [6.07, 6.45) is 1.96. The molecule has 0 radical (unpaired) electrons. The lowest BCUT2D eigenvalue weighted by atomic mass is 10.1. The van der Waals surface area contributed by atoms with E-state index in [1.165, 1.54) is 4.90 Å². The number of carbonyl (C=O) groups excluding carboxylic acids is 1. The van der Waals surface area contributed by atoms with Crippen LogP contribution in [0.2, 0.25) is 0 Å². The number of hydrogen-bond acceptors (Lipinski definition) is 2. The number of rotatable bonds is 2. The molecule has 0 atom stereocenters. The Labute approximate surface area is 111 Å². The predicted molar refractivity (Wildman–Crippen MR) is 74.5 cm³/mol. The van der Waals surface area contributed by atoms with E-state index in [0.717, 1.165) is 18.2 Å². The number of carbonyl (C=O) groups is 1. The molecule has 1 aliphatic carbocycles. The molecule has 1 amide bonds. The van der Waals surface area contributed by atoms with Crippen molar-refractivity contribution in [2.45, 2.75) is 18.9 Å². The summed E-state index contributed by atoms with van der Waals surface area (Å²) in [7, 11) is 3.42. The Morgan fingerprint density at radius 3 is 2.58 bits per heavy atom. The third kappa shape index (κ3) is 1.93. The second-order valence-corrected chi connectivity index (χ2v) is 5.22. The molecule has 1 saturated carbocycles. The first-order valence-corrected chi connectivity index (χ1v) is 6.45. The third-order valence-electron chi connectivity index (χ3n) is 3.50. The van der Waals surface area contributed by atoms with E-state index in [-0.39, 0.29) is 17.5 Å². The fourth-order valence-corrected chi connectivity index (χ4v) is 2.36. The Morgan fingerprint density at radius 2 is 1.95 bits per heavy atom. The van der Waals surface area contributed by atoms with Crippen LogP contribution >= 0.6 is 0 Å². The van der Waals surface area contributed by atoms with Gasteiger partial charge in [-0.05, 0) is 30.4 Å². The fraction of sp³-hybridized carbons (Fsp3) is 0.333. The number of nitrogens with zero attached hydrogens (tertiary/aromatic N) is 2. The van der Waals surface area contributed by atoms with Crippen molar-refractivity contribution < 1.29 is 4.79 Å². The van der Waals surface area contributed by atoms with Crippen LogP contribution < -0.4 is 5.56 Å². The maximum atomic E-state index is 12.6. The number of pyridine rings is 1. The molecule has 1 aliphatic rings. The number of aromatic nitrogens is 1. The van der Waals surface area contributed by atoms with Gasteiger partial charge in [-0.2, -0.15) is 0 Å². The minimum absolute atomic E-state index is 0.0502. The minimum Gasteiger partial charge on any atom is -0.343 e. The first kappa shape index (κ1) is 12.0. The van der Waals surface area contributed by atoms with Crippen LogP contribution in [0.5, 0.6) is 0 Å². The molecular formula is C15H16N2O2. The summed E-state index contributed by atoms with van der Waals surface area (Å²) in [5.41, 5.74) is 0.446. The highest BCUT2D eigenvalue weighted by molar-refractivity contribution is 5.96. The van der Waals surface area contributed by atoms with Gasteiger partial charge in [-0.3, -0.25) is 9.59 Å². The second kappa shape index (κ2) is 4.23. The highest BCUT2D eigenvalue weighted by atomic mass is 16.2. The summed E-state index contributed by atoms with van der Waals surface area (Å²) < 4.78 is 1.67. The van der Waals surface area contributed by atoms with Crippen molar-refractivity contribution >= 4 is 16.7 Å². The van der Waals surface area contributed by atoms with Gasteiger partial charge in [0.15, 0.2) is 0 Å². The molecule has 0 aliphatic heterocycles. The van der Waals surface area contributed by atoms with Gasteiger partial charge in [0.1, 0.15) is 5.69 Å². The van der Waals surface area contributed by atoms with Crippen LogP contribution in [0.15, 0.2) is 35.1 Å². The number of hydrogen-bond donors (Lipinski definition) is 0. The molecule has 98 valence electrons. The summed E-state index contributed by atoms with van der Waals surface area (Å²) in [6.45, 7) is 0. The molecule has 0 spiro atoms. The van der Waals surface area contributed by atoms with Crippen molar-refractivity contribution in [1.82, 2.24) is 9.47 Å². The average molecular weight is 256 g/mol. The molecule has 2 aromatic rings. The standard InChI is InChI=1S/C15H16N2O2/c1-16(2)15(19)13-9-10-5-3-4-6-12(10)14(18)17(13)11-7-8-11/h3-6,9,11H,7-8H2,1-2H3. The Balaban J connectivity index is 2.33. The molecule has 1 aromatic carbocycles. The van der Waals surface area contributed by atoms with Crippen LogP contribution in [0.3, 0.4) is 0 Å². The molecule has 1 heterocycles. The first-order valence-electron chi connectivity index (χ1n) is 6.45. The Bertz CT molecular complexity index is 712. The summed E-state index contributed by atoms with van der Waals surface area (Å²) >= 11 is 0. The fourth-order valence-electron chi connectivity index (χ4n) is 2.36. The third-order valence-corrected chi connectivity index (χ3v) is 3.50. The molecule has 0 unspecified atom stereocenters. The molecule has 0 N–H and O–H groups in total. The molecule has 0 saturated heterocycles. The Hall–Kier alpha value is -2.10. The van der Waals surface area contributed by atoms with Crippen LogP contribution in [0, 0.1) is 0 Å². The van der Waals surface area contributed by atoms with E-state index in [4.69, 9.17) is 0 Å². The van der Waals surface area contributed by atoms with E-state index in [2.05, 4.69) is 0 Å². The molecule has 3 rings (SSSR count). The van der Waals surface area contributed by atoms with E-state index in [0.29, 0.717) is 11.1 Å². The molecular weight excluding hydrogens is 240 g/mol. The van der Waals surface area contributed by atoms with Gasteiger partial charge in [-0.1, -0.05) is 18.2 Å². The van der Waals surface area contributed by atoms with E-state index >= 15 is 0 Å². The van der Waals surface area contributed by atoms with E-state index in [1.807, 2.05) is 30.3 Å². The van der Waals surface area contributed by atoms with Crippen LogP contribution in [-0.2, 0) is 0 Å². The number of fused-ring (bicyclic) bond motifs is 1. The lowest BCUT2D eigenvalue weighted by Crippen LogP contribution is -2.31. The smallest absolute Gasteiger partial charge is 0.270 e. The van der Waals surface area contributed by atoms with Gasteiger partial charge in [0, 0.05) is 25.5 Å². The quantitative estimate of drug-likeness (QED) is 0.825. The maximum Gasteiger partial charge on any atom is 0.270 e. The zero-order chi connectivity index (χ0) is 13.6. The van der Waals surface area contributed by atoms with Gasteiger partial charge in [0.2, 0.25) is 0 Å². The Morgan fingerprint density at radius 1 is 1.26 bits per heavy atom. The van der Waals surface area contributed by atoms with Gasteiger partial charge in [-0.25, -0.2) is 0 Å². The highest BCUT2D eigenvalue weighted by Crippen LogP contribution is 2.35. The van der Waals surface area contributed by atoms with Crippen molar-refractivity contribution in [3.8, 4) is 0 Å². The van der Waals surface area contributed by atoms with Gasteiger partial charge >= 0.3 is 0 Å². The average Bonchev–Trinajstić information content (AvgIpc) is 3.22. The van der Waals surface area contributed by atoms with Crippen molar-refractivity contribution in [3.05, 3.63) is 46.4 Å². The van der Waals surface area contributed by atoms with E-state index < -0.39 is 0 Å². The molecule has 1 aromatic heterocycles. The van der Waals surface area contributed by atoms with Gasteiger partial charge in [0.25, 0.3) is 11.5 Å². The summed E-state index contributed by atoms with van der Waals surface area (Å²) in [5, 5.41) is 1.51. The normalized spacial score (nSPS) is 14.6. The van der Waals surface area contributed by atoms with Crippen LogP contribution in [0.1, 0.15) is 29.4 Å². The largest absolute Gasteiger partial charge is 0.343 e. The summed E-state index contributed by atoms with van der Waals surface area (Å²) in [5.74, 6) is -0.116. The van der Waals surface area contributed by atoms with Gasteiger partial charge < -0.3 is 9.47 Å². The van der Waals surface area contributed by atoms with Crippen LogP contribution in [0.25, 0.3) is 10.8 Å². The van der Waals surface area contributed by atoms with E-state index in [1.54, 1.807) is 18.7 Å². The van der Waals surface area contributed by atoms with Gasteiger partial charge in [-0.15, -0.1) is 0 Å². The van der Waals surface area contributed by atoms with Crippen molar-refractivity contribution in [3.63, 3.8) is 0 Å². The number of amides is 1. The topological polar surface area (TPSA) is 42.3 Å². The van der Waals surface area contributed by atoms with Crippen molar-refractivity contribution in [2.24, 2.45) is 0 Å². The maximum absolute atomic E-state index is 12.6. The molecule has 4 heteroatoms. The molecule has 0 bridgehead atoms. The van der Waals surface area contributed by atoms with Crippen molar-refractivity contribution in [1.29, 1.82) is 0 Å². The van der Waals surface area contributed by atoms with Crippen LogP contribution in [-0.4, -0.2) is 29.5 Å². The first-order chi connectivity index (χ1) is 9.09. The molecule has 1 fully saturated rings. The van der Waals surface area contributed by atoms with E-state index in [9.17, 15) is 9.59 Å². The van der Waals surface area contributed by atoms with Crippen LogP contribution in [0.4, 0.5) is 0 Å². The monoisotopic (exact) mass is 256 g/mol. The molecule has 19 heavy (non-hydrogen) atoms. The second-order valence-electron chi connectivity index (χ2n) is 5.22. The summed E-state index contributed by atoms with van der Waals surface area (Å²) in [4.78, 5) is 26.3. The predicted octanol–water partition coefficient (Wildman–Crippen LogP) is 2.04. The lowest BCUT2D eigenvalue weighted by Gasteiger charge is -2.16. The van der Waals surface area contributed by atoms with Gasteiger partial charge in [0.05, 0.1) is 0 Å². The zero-order valence-corrected chi connectivity index (χ0v) is 11.1. The zero-order valence-electron chi connectivity index (χ0n) is 11.1. The Kier molecular flexibility index (Phi) is 2.66.